The molecule has 0 aromatic heterocycles. The van der Waals surface area contributed by atoms with Crippen LogP contribution in [0.5, 0.6) is 11.5 Å². The summed E-state index contributed by atoms with van der Waals surface area (Å²) in [6.07, 6.45) is 0. The second-order valence-electron chi connectivity index (χ2n) is 3.39. The van der Waals surface area contributed by atoms with E-state index in [-0.39, 0.29) is 5.75 Å². The third kappa shape index (κ3) is 2.98. The molecule has 0 unspecified atom stereocenters. The minimum atomic E-state index is -0.479. The number of aromatic hydroxyl groups is 1. The van der Waals surface area contributed by atoms with Crippen LogP contribution in [0.25, 0.3) is 0 Å². The Hall–Kier alpha value is -2.00. The van der Waals surface area contributed by atoms with Crippen molar-refractivity contribution in [2.24, 2.45) is 0 Å². The highest BCUT2D eigenvalue weighted by Crippen LogP contribution is 2.17. The Kier molecular flexibility index (Phi) is 3.30. The van der Waals surface area contributed by atoms with Gasteiger partial charge in [0.05, 0.1) is 5.56 Å². The van der Waals surface area contributed by atoms with Crippen molar-refractivity contribution in [1.82, 2.24) is 0 Å². The molecule has 17 heavy (non-hydrogen) atoms. The highest BCUT2D eigenvalue weighted by molar-refractivity contribution is 6.30. The Morgan fingerprint density at radius 2 is 1.59 bits per heavy atom. The molecule has 2 rings (SSSR count). The maximum Gasteiger partial charge on any atom is 0.343 e. The van der Waals surface area contributed by atoms with Crippen molar-refractivity contribution in [2.45, 2.75) is 0 Å². The molecule has 0 saturated carbocycles. The summed E-state index contributed by atoms with van der Waals surface area (Å²) in [6.45, 7) is 0. The quantitative estimate of drug-likeness (QED) is 0.655. The van der Waals surface area contributed by atoms with Crippen LogP contribution in [-0.4, -0.2) is 11.1 Å². The van der Waals surface area contributed by atoms with Crippen LogP contribution in [0, 0.1) is 0 Å². The molecule has 0 bridgehead atoms. The lowest BCUT2D eigenvalue weighted by Crippen LogP contribution is -2.07. The fraction of sp³-hybridized carbons (Fsp3) is 0. The molecule has 0 aliphatic carbocycles. The van der Waals surface area contributed by atoms with Gasteiger partial charge in [-0.05, 0) is 48.5 Å². The van der Waals surface area contributed by atoms with Gasteiger partial charge < -0.3 is 9.84 Å². The first-order chi connectivity index (χ1) is 8.15. The molecule has 0 fully saturated rings. The molecule has 0 radical (unpaired) electrons. The van der Waals surface area contributed by atoms with E-state index in [0.717, 1.165) is 0 Å². The molecule has 0 atom stereocenters. The third-order valence-corrected chi connectivity index (χ3v) is 2.38. The number of phenolic OH excluding ortho intramolecular Hbond substituents is 1. The number of rotatable bonds is 2. The molecule has 0 spiro atoms. The van der Waals surface area contributed by atoms with Crippen LogP contribution in [0.4, 0.5) is 0 Å². The summed E-state index contributed by atoms with van der Waals surface area (Å²) in [5, 5.41) is 9.67. The minimum Gasteiger partial charge on any atom is -0.508 e. The number of benzene rings is 2. The topological polar surface area (TPSA) is 46.5 Å². The van der Waals surface area contributed by atoms with Gasteiger partial charge in [0.2, 0.25) is 0 Å². The zero-order valence-corrected chi connectivity index (χ0v) is 9.52. The van der Waals surface area contributed by atoms with E-state index < -0.39 is 5.97 Å². The van der Waals surface area contributed by atoms with Gasteiger partial charge in [-0.2, -0.15) is 0 Å². The number of esters is 1. The van der Waals surface area contributed by atoms with E-state index >= 15 is 0 Å². The molecule has 86 valence electrons. The predicted octanol–water partition coefficient (Wildman–Crippen LogP) is 3.26. The predicted molar refractivity (Wildman–Crippen MR) is 64.5 cm³/mol. The van der Waals surface area contributed by atoms with Crippen molar-refractivity contribution in [3.8, 4) is 11.5 Å². The molecule has 4 heteroatoms. The molecule has 2 aromatic carbocycles. The molecular formula is C13H9ClO3. The van der Waals surface area contributed by atoms with E-state index in [1.54, 1.807) is 24.3 Å². The molecule has 0 aliphatic heterocycles. The van der Waals surface area contributed by atoms with Crippen LogP contribution in [0.3, 0.4) is 0 Å². The maximum absolute atomic E-state index is 11.7. The number of ether oxygens (including phenoxy) is 1. The molecule has 0 amide bonds. The van der Waals surface area contributed by atoms with Crippen molar-refractivity contribution in [3.63, 3.8) is 0 Å². The van der Waals surface area contributed by atoms with Crippen LogP contribution in [0.1, 0.15) is 10.4 Å². The lowest BCUT2D eigenvalue weighted by Gasteiger charge is -2.04. The van der Waals surface area contributed by atoms with E-state index in [1.165, 1.54) is 24.3 Å². The Labute approximate surface area is 103 Å². The number of carbonyl (C=O) groups excluding carboxylic acids is 1. The van der Waals surface area contributed by atoms with E-state index in [9.17, 15) is 4.79 Å². The minimum absolute atomic E-state index is 0.105. The van der Waals surface area contributed by atoms with Gasteiger partial charge in [-0.1, -0.05) is 11.6 Å². The lowest BCUT2D eigenvalue weighted by atomic mass is 10.2. The van der Waals surface area contributed by atoms with Gasteiger partial charge in [0.1, 0.15) is 11.5 Å². The summed E-state index contributed by atoms with van der Waals surface area (Å²) >= 11 is 5.71. The van der Waals surface area contributed by atoms with Gasteiger partial charge in [-0.15, -0.1) is 0 Å². The van der Waals surface area contributed by atoms with Crippen molar-refractivity contribution >= 4 is 17.6 Å². The summed E-state index contributed by atoms with van der Waals surface area (Å²) < 4.78 is 5.12. The summed E-state index contributed by atoms with van der Waals surface area (Å²) in [5.41, 5.74) is 0.373. The summed E-state index contributed by atoms with van der Waals surface area (Å²) in [7, 11) is 0. The number of halogens is 1. The van der Waals surface area contributed by atoms with Crippen LogP contribution < -0.4 is 4.74 Å². The average Bonchev–Trinajstić information content (AvgIpc) is 2.33. The van der Waals surface area contributed by atoms with E-state index in [0.29, 0.717) is 16.3 Å². The number of carbonyl (C=O) groups is 1. The molecular weight excluding hydrogens is 240 g/mol. The largest absolute Gasteiger partial charge is 0.508 e. The van der Waals surface area contributed by atoms with Gasteiger partial charge in [0, 0.05) is 5.02 Å². The number of hydrogen-bond donors (Lipinski definition) is 1. The van der Waals surface area contributed by atoms with Crippen molar-refractivity contribution in [3.05, 3.63) is 59.1 Å². The second-order valence-corrected chi connectivity index (χ2v) is 3.83. The first kappa shape index (κ1) is 11.5. The highest BCUT2D eigenvalue weighted by Gasteiger charge is 2.08. The lowest BCUT2D eigenvalue weighted by molar-refractivity contribution is 0.0735. The van der Waals surface area contributed by atoms with Gasteiger partial charge in [0.25, 0.3) is 0 Å². The Morgan fingerprint density at radius 1 is 1.00 bits per heavy atom. The van der Waals surface area contributed by atoms with Gasteiger partial charge in [-0.25, -0.2) is 4.79 Å². The van der Waals surface area contributed by atoms with E-state index in [4.69, 9.17) is 21.4 Å². The molecule has 3 nitrogen and oxygen atoms in total. The molecule has 0 saturated heterocycles. The summed E-state index contributed by atoms with van der Waals surface area (Å²) in [5.74, 6) is 0.0489. The highest BCUT2D eigenvalue weighted by atomic mass is 35.5. The van der Waals surface area contributed by atoms with Crippen molar-refractivity contribution in [2.75, 3.05) is 0 Å². The maximum atomic E-state index is 11.7. The zero-order chi connectivity index (χ0) is 12.3. The fourth-order valence-corrected chi connectivity index (χ4v) is 1.39. The third-order valence-electron chi connectivity index (χ3n) is 2.13. The second kappa shape index (κ2) is 4.89. The first-order valence-corrected chi connectivity index (χ1v) is 5.30. The Morgan fingerprint density at radius 3 is 2.18 bits per heavy atom. The van der Waals surface area contributed by atoms with Crippen LogP contribution >= 0.6 is 11.6 Å². The molecule has 0 aliphatic rings. The normalized spacial score (nSPS) is 9.94. The standard InChI is InChI=1S/C13H9ClO3/c14-10-3-7-12(8-4-10)17-13(16)9-1-5-11(15)6-2-9/h1-8,15H. The van der Waals surface area contributed by atoms with E-state index in [2.05, 4.69) is 0 Å². The SMILES string of the molecule is O=C(Oc1ccc(Cl)cc1)c1ccc(O)cc1. The monoisotopic (exact) mass is 248 g/mol. The van der Waals surface area contributed by atoms with Gasteiger partial charge in [0.15, 0.2) is 0 Å². The fourth-order valence-electron chi connectivity index (χ4n) is 1.27. The molecule has 2 aromatic rings. The first-order valence-electron chi connectivity index (χ1n) is 4.92. The van der Waals surface area contributed by atoms with Gasteiger partial charge in [-0.3, -0.25) is 0 Å². The van der Waals surface area contributed by atoms with Crippen LogP contribution in [-0.2, 0) is 0 Å². The number of phenols is 1. The Balaban J connectivity index is 2.11. The molecule has 0 heterocycles. The average molecular weight is 249 g/mol. The van der Waals surface area contributed by atoms with Crippen molar-refractivity contribution < 1.29 is 14.6 Å². The smallest absolute Gasteiger partial charge is 0.343 e. The summed E-state index contributed by atoms with van der Waals surface area (Å²) in [4.78, 5) is 11.7. The van der Waals surface area contributed by atoms with E-state index in [1.807, 2.05) is 0 Å². The van der Waals surface area contributed by atoms with Crippen molar-refractivity contribution in [1.29, 1.82) is 0 Å². The number of hydrogen-bond acceptors (Lipinski definition) is 3. The summed E-state index contributed by atoms with van der Waals surface area (Å²) in [6, 6.07) is 12.3. The zero-order valence-electron chi connectivity index (χ0n) is 8.76. The van der Waals surface area contributed by atoms with Crippen LogP contribution in [0.2, 0.25) is 5.02 Å². The van der Waals surface area contributed by atoms with Crippen LogP contribution in [0.15, 0.2) is 48.5 Å². The van der Waals surface area contributed by atoms with Gasteiger partial charge >= 0.3 is 5.97 Å². The molecule has 1 N–H and O–H groups in total. The Bertz CT molecular complexity index is 517.